The Morgan fingerprint density at radius 2 is 0.782 bits per heavy atom. The minimum atomic E-state index is 1.10. The van der Waals surface area contributed by atoms with Crippen molar-refractivity contribution in [2.45, 2.75) is 0 Å². The van der Waals surface area contributed by atoms with Crippen LogP contribution in [-0.2, 0) is 0 Å². The van der Waals surface area contributed by atoms with E-state index in [1.54, 1.807) is 0 Å². The molecule has 0 amide bonds. The van der Waals surface area contributed by atoms with Crippen LogP contribution in [0.1, 0.15) is 0 Å². The molecule has 1 heteroatoms. The first-order chi connectivity index (χ1) is 27.3. The van der Waals surface area contributed by atoms with Gasteiger partial charge in [0.2, 0.25) is 0 Å². The standard InChI is InChI=1S/C54H37N/c1-3-15-38(16-4-1)42-22-13-23-43(35-42)50-34-33-46(37-53(50)40-17-5-2-6-18-40)55(54-36-44-20-8-10-25-49(44)51-26-11-12-27-52(51)54)45-31-29-41(30-32-45)48-28-14-21-39-19-7-9-24-47(39)48/h1-37H. The first-order valence-electron chi connectivity index (χ1n) is 18.9. The van der Waals surface area contributed by atoms with E-state index >= 15 is 0 Å². The highest BCUT2D eigenvalue weighted by atomic mass is 15.1. The molecule has 0 unspecified atom stereocenters. The molecular weight excluding hydrogens is 663 g/mol. The van der Waals surface area contributed by atoms with E-state index in [-0.39, 0.29) is 0 Å². The Labute approximate surface area is 322 Å². The van der Waals surface area contributed by atoms with Gasteiger partial charge in [-0.15, -0.1) is 0 Å². The van der Waals surface area contributed by atoms with Crippen LogP contribution < -0.4 is 4.90 Å². The molecule has 1 nitrogen and oxygen atoms in total. The van der Waals surface area contributed by atoms with Crippen LogP contribution in [-0.4, -0.2) is 0 Å². The zero-order chi connectivity index (χ0) is 36.6. The Hall–Kier alpha value is -7.22. The number of anilines is 3. The van der Waals surface area contributed by atoms with E-state index in [9.17, 15) is 0 Å². The SMILES string of the molecule is c1ccc(-c2cccc(-c3ccc(N(c4ccc(-c5cccc6ccccc56)cc4)c4cc5ccccc5c5ccccc45)cc3-c3ccccc3)c2)cc1. The molecule has 0 fully saturated rings. The van der Waals surface area contributed by atoms with Crippen molar-refractivity contribution in [2.75, 3.05) is 4.90 Å². The van der Waals surface area contributed by atoms with E-state index in [2.05, 4.69) is 229 Å². The molecule has 0 aliphatic rings. The fraction of sp³-hybridized carbons (Fsp3) is 0. The van der Waals surface area contributed by atoms with Gasteiger partial charge in [0.05, 0.1) is 5.69 Å². The number of rotatable bonds is 7. The van der Waals surface area contributed by atoms with Gasteiger partial charge in [-0.1, -0.05) is 188 Å². The van der Waals surface area contributed by atoms with E-state index in [4.69, 9.17) is 0 Å². The Kier molecular flexibility index (Phi) is 8.24. The van der Waals surface area contributed by atoms with E-state index in [0.29, 0.717) is 0 Å². The van der Waals surface area contributed by atoms with Crippen LogP contribution in [0.3, 0.4) is 0 Å². The van der Waals surface area contributed by atoms with E-state index in [1.165, 1.54) is 76.8 Å². The maximum Gasteiger partial charge on any atom is 0.0546 e. The molecule has 0 aliphatic heterocycles. The minimum absolute atomic E-state index is 1.10. The molecule has 0 aliphatic carbocycles. The lowest BCUT2D eigenvalue weighted by Crippen LogP contribution is -2.11. The molecule has 258 valence electrons. The van der Waals surface area contributed by atoms with Gasteiger partial charge in [0.25, 0.3) is 0 Å². The molecule has 0 saturated heterocycles. The van der Waals surface area contributed by atoms with Gasteiger partial charge in [-0.05, 0) is 108 Å². The fourth-order valence-corrected chi connectivity index (χ4v) is 8.19. The summed E-state index contributed by atoms with van der Waals surface area (Å²) in [4.78, 5) is 2.44. The number of hydrogen-bond donors (Lipinski definition) is 0. The van der Waals surface area contributed by atoms with Crippen molar-refractivity contribution in [1.29, 1.82) is 0 Å². The third-order valence-corrected chi connectivity index (χ3v) is 10.8. The first kappa shape index (κ1) is 32.4. The molecule has 0 saturated carbocycles. The molecule has 55 heavy (non-hydrogen) atoms. The fourth-order valence-electron chi connectivity index (χ4n) is 8.19. The molecule has 0 aromatic heterocycles. The summed E-state index contributed by atoms with van der Waals surface area (Å²) in [7, 11) is 0. The molecular formula is C54H37N. The van der Waals surface area contributed by atoms with Crippen LogP contribution in [0.15, 0.2) is 224 Å². The lowest BCUT2D eigenvalue weighted by Gasteiger charge is -2.29. The summed E-state index contributed by atoms with van der Waals surface area (Å²) in [6, 6.07) is 81.5. The molecule has 0 N–H and O–H groups in total. The molecule has 0 atom stereocenters. The van der Waals surface area contributed by atoms with Gasteiger partial charge in [0.15, 0.2) is 0 Å². The summed E-state index contributed by atoms with van der Waals surface area (Å²) in [5, 5.41) is 7.43. The van der Waals surface area contributed by atoms with Gasteiger partial charge in [-0.2, -0.15) is 0 Å². The summed E-state index contributed by atoms with van der Waals surface area (Å²) >= 11 is 0. The first-order valence-corrected chi connectivity index (χ1v) is 18.9. The summed E-state index contributed by atoms with van der Waals surface area (Å²) in [5.41, 5.74) is 12.9. The average Bonchev–Trinajstić information content (AvgIpc) is 3.27. The van der Waals surface area contributed by atoms with Crippen molar-refractivity contribution in [2.24, 2.45) is 0 Å². The molecule has 0 heterocycles. The van der Waals surface area contributed by atoms with Gasteiger partial charge in [-0.3, -0.25) is 0 Å². The Balaban J connectivity index is 1.19. The number of benzene rings is 10. The smallest absolute Gasteiger partial charge is 0.0546 e. The lowest BCUT2D eigenvalue weighted by molar-refractivity contribution is 1.30. The molecule has 10 aromatic rings. The third kappa shape index (κ3) is 6.02. The van der Waals surface area contributed by atoms with Gasteiger partial charge in [-0.25, -0.2) is 0 Å². The molecule has 10 aromatic carbocycles. The summed E-state index contributed by atoms with van der Waals surface area (Å²) < 4.78 is 0. The van der Waals surface area contributed by atoms with Crippen LogP contribution in [0.4, 0.5) is 17.1 Å². The van der Waals surface area contributed by atoms with Crippen LogP contribution in [0.5, 0.6) is 0 Å². The van der Waals surface area contributed by atoms with Crippen molar-refractivity contribution in [1.82, 2.24) is 0 Å². The van der Waals surface area contributed by atoms with Crippen molar-refractivity contribution >= 4 is 49.4 Å². The number of hydrogen-bond acceptors (Lipinski definition) is 1. The van der Waals surface area contributed by atoms with E-state index in [0.717, 1.165) is 17.1 Å². The van der Waals surface area contributed by atoms with Crippen LogP contribution >= 0.6 is 0 Å². The van der Waals surface area contributed by atoms with Gasteiger partial charge < -0.3 is 4.90 Å². The molecule has 10 rings (SSSR count). The van der Waals surface area contributed by atoms with Crippen molar-refractivity contribution in [3.05, 3.63) is 224 Å². The summed E-state index contributed by atoms with van der Waals surface area (Å²) in [6.45, 7) is 0. The molecule has 0 spiro atoms. The minimum Gasteiger partial charge on any atom is -0.310 e. The normalized spacial score (nSPS) is 11.3. The number of fused-ring (bicyclic) bond motifs is 4. The monoisotopic (exact) mass is 699 g/mol. The highest BCUT2D eigenvalue weighted by Gasteiger charge is 2.20. The highest BCUT2D eigenvalue weighted by Crippen LogP contribution is 2.45. The second-order valence-corrected chi connectivity index (χ2v) is 14.1. The van der Waals surface area contributed by atoms with Gasteiger partial charge >= 0.3 is 0 Å². The second-order valence-electron chi connectivity index (χ2n) is 14.1. The van der Waals surface area contributed by atoms with E-state index in [1.807, 2.05) is 0 Å². The van der Waals surface area contributed by atoms with Crippen LogP contribution in [0, 0.1) is 0 Å². The summed E-state index contributed by atoms with van der Waals surface area (Å²) in [5.74, 6) is 0. The largest absolute Gasteiger partial charge is 0.310 e. The Morgan fingerprint density at radius 3 is 1.56 bits per heavy atom. The quantitative estimate of drug-likeness (QED) is 0.150. The maximum absolute atomic E-state index is 2.44. The highest BCUT2D eigenvalue weighted by molar-refractivity contribution is 6.14. The topological polar surface area (TPSA) is 3.24 Å². The van der Waals surface area contributed by atoms with Crippen LogP contribution in [0.2, 0.25) is 0 Å². The second kappa shape index (κ2) is 14.0. The molecule has 0 radical (unpaired) electrons. The van der Waals surface area contributed by atoms with Gasteiger partial charge in [0.1, 0.15) is 0 Å². The predicted molar refractivity (Wildman–Crippen MR) is 235 cm³/mol. The average molecular weight is 700 g/mol. The lowest BCUT2D eigenvalue weighted by atomic mass is 9.91. The zero-order valence-corrected chi connectivity index (χ0v) is 30.3. The predicted octanol–water partition coefficient (Wildman–Crippen LogP) is 15.3. The van der Waals surface area contributed by atoms with Crippen molar-refractivity contribution < 1.29 is 0 Å². The van der Waals surface area contributed by atoms with Crippen molar-refractivity contribution in [3.63, 3.8) is 0 Å². The van der Waals surface area contributed by atoms with Crippen LogP contribution in [0.25, 0.3) is 76.8 Å². The Morgan fingerprint density at radius 1 is 0.236 bits per heavy atom. The summed E-state index contributed by atoms with van der Waals surface area (Å²) in [6.07, 6.45) is 0. The van der Waals surface area contributed by atoms with Crippen molar-refractivity contribution in [3.8, 4) is 44.5 Å². The third-order valence-electron chi connectivity index (χ3n) is 10.8. The van der Waals surface area contributed by atoms with E-state index < -0.39 is 0 Å². The Bertz CT molecular complexity index is 2960. The number of nitrogens with zero attached hydrogens (tertiary/aromatic N) is 1. The zero-order valence-electron chi connectivity index (χ0n) is 30.3. The maximum atomic E-state index is 2.44. The molecule has 0 bridgehead atoms. The van der Waals surface area contributed by atoms with Gasteiger partial charge in [0, 0.05) is 16.8 Å².